The molecule has 0 heterocycles. The van der Waals surface area contributed by atoms with Gasteiger partial charge in [-0.05, 0) is 12.5 Å². The first-order valence-corrected chi connectivity index (χ1v) is 4.17. The second-order valence-corrected chi connectivity index (χ2v) is 3.26. The fourth-order valence-electron chi connectivity index (χ4n) is 0.965. The van der Waals surface area contributed by atoms with Crippen molar-refractivity contribution in [3.05, 3.63) is 35.9 Å². The summed E-state index contributed by atoms with van der Waals surface area (Å²) in [6, 6.07) is 10.3. The van der Waals surface area contributed by atoms with Gasteiger partial charge in [0.2, 0.25) is 0 Å². The standard InChI is InChI=1S/C9H12ClN.ClH/c1-7(11)9(10)8-5-3-2-4-6-8;/h2-7,9H,11H2,1H3;1H/t7-,9+;/m1./s1. The van der Waals surface area contributed by atoms with Crippen LogP contribution in [0.4, 0.5) is 0 Å². The molecule has 1 aromatic rings. The molecule has 1 nitrogen and oxygen atoms in total. The van der Waals surface area contributed by atoms with E-state index >= 15 is 0 Å². The molecule has 2 atom stereocenters. The summed E-state index contributed by atoms with van der Waals surface area (Å²) in [6.45, 7) is 2.02. The molecular weight excluding hydrogens is 193 g/mol. The van der Waals surface area contributed by atoms with Crippen molar-refractivity contribution in [2.45, 2.75) is 18.3 Å². The summed E-state index contributed by atoms with van der Waals surface area (Å²) < 4.78 is 0. The van der Waals surface area contributed by atoms with Gasteiger partial charge in [0.05, 0.1) is 0 Å². The molecule has 0 aromatic heterocycles. The normalized spacial score (nSPS) is 14.6. The fourth-order valence-corrected chi connectivity index (χ4v) is 1.11. The van der Waals surface area contributed by atoms with Crippen LogP contribution in [-0.4, -0.2) is 6.04 Å². The number of quaternary nitrogens is 1. The average Bonchev–Trinajstić information content (AvgIpc) is 2.05. The number of rotatable bonds is 2. The van der Waals surface area contributed by atoms with Crippen molar-refractivity contribution in [3.8, 4) is 0 Å². The number of hydrogen-bond donors (Lipinski definition) is 1. The van der Waals surface area contributed by atoms with Crippen molar-refractivity contribution >= 4 is 11.6 Å². The maximum absolute atomic E-state index is 6.08. The molecule has 0 spiro atoms. The topological polar surface area (TPSA) is 27.6 Å². The SMILES string of the molecule is C[C@@H]([NH3+])[C@H](Cl)c1ccccc1.[Cl-]. The highest BCUT2D eigenvalue weighted by Crippen LogP contribution is 2.21. The third kappa shape index (κ3) is 3.02. The molecular formula is C9H13Cl2N. The van der Waals surface area contributed by atoms with Gasteiger partial charge in [-0.1, -0.05) is 30.3 Å². The number of benzene rings is 1. The van der Waals surface area contributed by atoms with E-state index in [1.807, 2.05) is 37.3 Å². The number of halogens is 2. The third-order valence-corrected chi connectivity index (χ3v) is 2.30. The molecule has 68 valence electrons. The van der Waals surface area contributed by atoms with Crippen molar-refractivity contribution in [2.24, 2.45) is 0 Å². The highest BCUT2D eigenvalue weighted by Gasteiger charge is 2.14. The van der Waals surface area contributed by atoms with Crippen LogP contribution in [0.1, 0.15) is 17.9 Å². The molecule has 0 saturated heterocycles. The Kier molecular flexibility index (Phi) is 5.31. The molecule has 0 saturated carbocycles. The van der Waals surface area contributed by atoms with Crippen LogP contribution in [0.15, 0.2) is 30.3 Å². The Hall–Kier alpha value is -0.240. The van der Waals surface area contributed by atoms with Crippen LogP contribution in [-0.2, 0) is 0 Å². The number of alkyl halides is 1. The first-order chi connectivity index (χ1) is 5.22. The van der Waals surface area contributed by atoms with Crippen molar-refractivity contribution in [1.82, 2.24) is 0 Å². The van der Waals surface area contributed by atoms with E-state index in [1.165, 1.54) is 0 Å². The zero-order chi connectivity index (χ0) is 8.27. The highest BCUT2D eigenvalue weighted by molar-refractivity contribution is 6.21. The fraction of sp³-hybridized carbons (Fsp3) is 0.333. The van der Waals surface area contributed by atoms with Crippen LogP contribution in [0, 0.1) is 0 Å². The van der Waals surface area contributed by atoms with E-state index in [0.29, 0.717) is 0 Å². The summed E-state index contributed by atoms with van der Waals surface area (Å²) in [4.78, 5) is 0. The molecule has 0 aliphatic carbocycles. The van der Waals surface area contributed by atoms with Crippen molar-refractivity contribution < 1.29 is 18.1 Å². The lowest BCUT2D eigenvalue weighted by atomic mass is 10.1. The zero-order valence-electron chi connectivity index (χ0n) is 7.00. The van der Waals surface area contributed by atoms with Crippen LogP contribution in [0.5, 0.6) is 0 Å². The predicted octanol–water partition coefficient (Wildman–Crippen LogP) is -1.40. The van der Waals surface area contributed by atoms with E-state index in [1.54, 1.807) is 0 Å². The minimum atomic E-state index is 0. The molecule has 0 fully saturated rings. The molecule has 0 aliphatic rings. The van der Waals surface area contributed by atoms with Crippen LogP contribution < -0.4 is 18.1 Å². The van der Waals surface area contributed by atoms with Crippen molar-refractivity contribution in [2.75, 3.05) is 0 Å². The molecule has 0 unspecified atom stereocenters. The Bertz CT molecular complexity index is 211. The summed E-state index contributed by atoms with van der Waals surface area (Å²) >= 11 is 6.08. The van der Waals surface area contributed by atoms with Gasteiger partial charge in [-0.2, -0.15) is 0 Å². The largest absolute Gasteiger partial charge is 1.00 e. The van der Waals surface area contributed by atoms with E-state index in [0.717, 1.165) is 5.56 Å². The van der Waals surface area contributed by atoms with Gasteiger partial charge < -0.3 is 18.1 Å². The summed E-state index contributed by atoms with van der Waals surface area (Å²) in [7, 11) is 0. The van der Waals surface area contributed by atoms with Gasteiger partial charge >= 0.3 is 0 Å². The molecule has 0 amide bonds. The minimum absolute atomic E-state index is 0. The molecule has 12 heavy (non-hydrogen) atoms. The van der Waals surface area contributed by atoms with Gasteiger partial charge in [0, 0.05) is 0 Å². The Morgan fingerprint density at radius 2 is 1.75 bits per heavy atom. The van der Waals surface area contributed by atoms with Gasteiger partial charge in [0.15, 0.2) is 0 Å². The van der Waals surface area contributed by atoms with E-state index in [-0.39, 0.29) is 23.8 Å². The summed E-state index contributed by atoms with van der Waals surface area (Å²) in [5, 5.41) is 0.0381. The van der Waals surface area contributed by atoms with Gasteiger partial charge in [-0.3, -0.25) is 0 Å². The molecule has 1 rings (SSSR count). The Morgan fingerprint density at radius 3 is 2.17 bits per heavy atom. The highest BCUT2D eigenvalue weighted by atomic mass is 35.5. The lowest BCUT2D eigenvalue weighted by Gasteiger charge is -2.09. The molecule has 3 N–H and O–H groups in total. The smallest absolute Gasteiger partial charge is 0.110 e. The minimum Gasteiger partial charge on any atom is -1.00 e. The molecule has 0 radical (unpaired) electrons. The summed E-state index contributed by atoms with van der Waals surface area (Å²) in [5.74, 6) is 0. The molecule has 3 heteroatoms. The maximum Gasteiger partial charge on any atom is 0.110 e. The lowest BCUT2D eigenvalue weighted by molar-refractivity contribution is -0.414. The van der Waals surface area contributed by atoms with Gasteiger partial charge in [-0.15, -0.1) is 11.6 Å². The summed E-state index contributed by atoms with van der Waals surface area (Å²) in [5.41, 5.74) is 5.03. The van der Waals surface area contributed by atoms with Crippen LogP contribution in [0.25, 0.3) is 0 Å². The van der Waals surface area contributed by atoms with Crippen LogP contribution in [0.3, 0.4) is 0 Å². The monoisotopic (exact) mass is 205 g/mol. The van der Waals surface area contributed by atoms with E-state index < -0.39 is 0 Å². The third-order valence-electron chi connectivity index (χ3n) is 1.62. The lowest BCUT2D eigenvalue weighted by Crippen LogP contribution is -3.00. The first kappa shape index (κ1) is 11.8. The first-order valence-electron chi connectivity index (χ1n) is 3.74. The Balaban J connectivity index is 0.00000121. The molecule has 1 aromatic carbocycles. The van der Waals surface area contributed by atoms with Crippen molar-refractivity contribution in [1.29, 1.82) is 0 Å². The Labute approximate surface area is 84.3 Å². The zero-order valence-corrected chi connectivity index (χ0v) is 8.52. The van der Waals surface area contributed by atoms with Gasteiger partial charge in [-0.25, -0.2) is 0 Å². The predicted molar refractivity (Wildman–Crippen MR) is 47.4 cm³/mol. The van der Waals surface area contributed by atoms with Crippen LogP contribution >= 0.6 is 11.6 Å². The Morgan fingerprint density at radius 1 is 1.25 bits per heavy atom. The molecule has 0 bridgehead atoms. The second-order valence-electron chi connectivity index (χ2n) is 2.79. The van der Waals surface area contributed by atoms with Crippen molar-refractivity contribution in [3.63, 3.8) is 0 Å². The average molecular weight is 206 g/mol. The van der Waals surface area contributed by atoms with E-state index in [4.69, 9.17) is 11.6 Å². The van der Waals surface area contributed by atoms with E-state index in [9.17, 15) is 0 Å². The summed E-state index contributed by atoms with van der Waals surface area (Å²) in [6.07, 6.45) is 0. The molecule has 0 aliphatic heterocycles. The maximum atomic E-state index is 6.08. The van der Waals surface area contributed by atoms with E-state index in [2.05, 4.69) is 5.73 Å². The second kappa shape index (κ2) is 5.41. The van der Waals surface area contributed by atoms with Gasteiger partial charge in [0.1, 0.15) is 11.4 Å². The quantitative estimate of drug-likeness (QED) is 0.576. The number of hydrogen-bond acceptors (Lipinski definition) is 0. The van der Waals surface area contributed by atoms with Gasteiger partial charge in [0.25, 0.3) is 0 Å². The van der Waals surface area contributed by atoms with Crippen LogP contribution in [0.2, 0.25) is 0 Å².